The number of hydrogen-bond acceptors (Lipinski definition) is 4. The topological polar surface area (TPSA) is 52.6 Å². The quantitative estimate of drug-likeness (QED) is 0.590. The van der Waals surface area contributed by atoms with Crippen molar-refractivity contribution >= 4 is 10.1 Å². The van der Waals surface area contributed by atoms with Gasteiger partial charge < -0.3 is 4.74 Å². The molecule has 0 aromatic carbocycles. The van der Waals surface area contributed by atoms with Gasteiger partial charge in [0.25, 0.3) is 10.1 Å². The molecule has 1 aliphatic heterocycles. The van der Waals surface area contributed by atoms with Crippen LogP contribution in [0.1, 0.15) is 27.7 Å². The molecule has 1 saturated heterocycles. The minimum absolute atomic E-state index is 0. The van der Waals surface area contributed by atoms with Gasteiger partial charge in [-0.3, -0.25) is 0 Å². The standard InChI is InChI=1S/C6H12O4S.CH4/c1-3-6-9-4-5(2)11(7,8)10-6;/h5-6H,3-4H2,1-2H3;1H4. The summed E-state index contributed by atoms with van der Waals surface area (Å²) >= 11 is 0. The lowest BCUT2D eigenvalue weighted by molar-refractivity contribution is -0.0941. The summed E-state index contributed by atoms with van der Waals surface area (Å²) in [6, 6.07) is 0. The van der Waals surface area contributed by atoms with Crippen molar-refractivity contribution in [3.05, 3.63) is 0 Å². The van der Waals surface area contributed by atoms with Crippen LogP contribution in [0, 0.1) is 0 Å². The minimum atomic E-state index is -3.35. The maximum Gasteiger partial charge on any atom is 0.274 e. The van der Waals surface area contributed by atoms with Crippen molar-refractivity contribution < 1.29 is 17.3 Å². The zero-order valence-corrected chi connectivity index (χ0v) is 7.43. The molecule has 4 nitrogen and oxygen atoms in total. The van der Waals surface area contributed by atoms with Gasteiger partial charge in [-0.1, -0.05) is 14.4 Å². The van der Waals surface area contributed by atoms with Crippen molar-refractivity contribution in [1.82, 2.24) is 0 Å². The Kier molecular flexibility index (Phi) is 4.16. The van der Waals surface area contributed by atoms with Gasteiger partial charge in [-0.05, 0) is 13.3 Å². The molecular weight excluding hydrogens is 180 g/mol. The predicted molar refractivity (Wildman–Crippen MR) is 46.2 cm³/mol. The van der Waals surface area contributed by atoms with Gasteiger partial charge in [-0.25, -0.2) is 4.18 Å². The highest BCUT2D eigenvalue weighted by Gasteiger charge is 2.31. The second-order valence-electron chi connectivity index (χ2n) is 2.57. The molecule has 5 heteroatoms. The molecule has 1 heterocycles. The van der Waals surface area contributed by atoms with Crippen molar-refractivity contribution in [3.63, 3.8) is 0 Å². The van der Waals surface area contributed by atoms with Crippen LogP contribution >= 0.6 is 0 Å². The second-order valence-corrected chi connectivity index (χ2v) is 4.55. The van der Waals surface area contributed by atoms with Crippen LogP contribution in [-0.2, 0) is 19.0 Å². The second kappa shape index (κ2) is 4.20. The van der Waals surface area contributed by atoms with E-state index in [1.54, 1.807) is 6.92 Å². The van der Waals surface area contributed by atoms with Gasteiger partial charge in [0.2, 0.25) is 0 Å². The minimum Gasteiger partial charge on any atom is -0.350 e. The van der Waals surface area contributed by atoms with E-state index in [0.29, 0.717) is 6.42 Å². The Morgan fingerprint density at radius 2 is 2.08 bits per heavy atom. The Hall–Kier alpha value is -0.130. The maximum atomic E-state index is 11.0. The van der Waals surface area contributed by atoms with Gasteiger partial charge in [0.05, 0.1) is 6.61 Å². The average molecular weight is 196 g/mol. The molecule has 0 spiro atoms. The fraction of sp³-hybridized carbons (Fsp3) is 1.00. The molecule has 74 valence electrons. The van der Waals surface area contributed by atoms with Crippen LogP contribution in [-0.4, -0.2) is 26.6 Å². The first-order valence-corrected chi connectivity index (χ1v) is 5.07. The third-order valence-corrected chi connectivity index (χ3v) is 3.19. The molecule has 1 aliphatic rings. The van der Waals surface area contributed by atoms with Crippen LogP contribution in [0.25, 0.3) is 0 Å². The molecule has 0 radical (unpaired) electrons. The highest BCUT2D eigenvalue weighted by atomic mass is 32.2. The Morgan fingerprint density at radius 3 is 2.50 bits per heavy atom. The number of rotatable bonds is 1. The highest BCUT2D eigenvalue weighted by molar-refractivity contribution is 7.87. The summed E-state index contributed by atoms with van der Waals surface area (Å²) in [5.41, 5.74) is 0. The predicted octanol–water partition coefficient (Wildman–Crippen LogP) is 1.12. The van der Waals surface area contributed by atoms with E-state index in [4.69, 9.17) is 4.74 Å². The first kappa shape index (κ1) is 11.9. The monoisotopic (exact) mass is 196 g/mol. The van der Waals surface area contributed by atoms with Crippen molar-refractivity contribution in [2.45, 2.75) is 39.2 Å². The molecule has 1 fully saturated rings. The first-order valence-electron chi connectivity index (χ1n) is 3.60. The van der Waals surface area contributed by atoms with E-state index < -0.39 is 21.7 Å². The van der Waals surface area contributed by atoms with E-state index in [9.17, 15) is 8.42 Å². The van der Waals surface area contributed by atoms with Gasteiger partial charge in [-0.15, -0.1) is 0 Å². The Labute approximate surface area is 74.0 Å². The summed E-state index contributed by atoms with van der Waals surface area (Å²) in [4.78, 5) is 0. The van der Waals surface area contributed by atoms with Crippen molar-refractivity contribution in [2.75, 3.05) is 6.61 Å². The summed E-state index contributed by atoms with van der Waals surface area (Å²) in [7, 11) is -3.35. The number of hydrogen-bond donors (Lipinski definition) is 0. The molecule has 0 aromatic heterocycles. The van der Waals surface area contributed by atoms with Crippen molar-refractivity contribution in [3.8, 4) is 0 Å². The van der Waals surface area contributed by atoms with Gasteiger partial charge >= 0.3 is 0 Å². The van der Waals surface area contributed by atoms with Gasteiger partial charge in [0, 0.05) is 0 Å². The van der Waals surface area contributed by atoms with E-state index in [1.165, 1.54) is 0 Å². The third-order valence-electron chi connectivity index (χ3n) is 1.58. The zero-order chi connectivity index (χ0) is 8.48. The smallest absolute Gasteiger partial charge is 0.274 e. The molecule has 0 amide bonds. The van der Waals surface area contributed by atoms with Gasteiger partial charge in [-0.2, -0.15) is 8.42 Å². The van der Waals surface area contributed by atoms with Gasteiger partial charge in [0.15, 0.2) is 6.29 Å². The van der Waals surface area contributed by atoms with Crippen LogP contribution in [0.15, 0.2) is 0 Å². The molecule has 1 rings (SSSR count). The summed E-state index contributed by atoms with van der Waals surface area (Å²) in [6.07, 6.45) is -0.0115. The largest absolute Gasteiger partial charge is 0.350 e. The zero-order valence-electron chi connectivity index (χ0n) is 6.61. The lowest BCUT2D eigenvalue weighted by Gasteiger charge is -2.25. The summed E-state index contributed by atoms with van der Waals surface area (Å²) in [6.45, 7) is 3.62. The lowest BCUT2D eigenvalue weighted by Crippen LogP contribution is -2.37. The fourth-order valence-electron chi connectivity index (χ4n) is 0.784. The van der Waals surface area contributed by atoms with E-state index in [1.807, 2.05) is 6.92 Å². The molecular formula is C7H16O4S. The van der Waals surface area contributed by atoms with E-state index >= 15 is 0 Å². The summed E-state index contributed by atoms with van der Waals surface area (Å²) in [5.74, 6) is 0. The molecule has 0 saturated carbocycles. The SMILES string of the molecule is C.CCC1OCC(C)S(=O)(=O)O1. The van der Waals surface area contributed by atoms with E-state index in [2.05, 4.69) is 4.18 Å². The van der Waals surface area contributed by atoms with Crippen molar-refractivity contribution in [1.29, 1.82) is 0 Å². The molecule has 0 bridgehead atoms. The third kappa shape index (κ3) is 2.43. The molecule has 2 atom stereocenters. The Morgan fingerprint density at radius 1 is 1.50 bits per heavy atom. The van der Waals surface area contributed by atoms with E-state index in [-0.39, 0.29) is 14.0 Å². The molecule has 0 aliphatic carbocycles. The lowest BCUT2D eigenvalue weighted by atomic mass is 10.4. The molecule has 0 aromatic rings. The molecule has 12 heavy (non-hydrogen) atoms. The van der Waals surface area contributed by atoms with Crippen LogP contribution in [0.5, 0.6) is 0 Å². The van der Waals surface area contributed by atoms with Crippen LogP contribution < -0.4 is 0 Å². The fourth-order valence-corrected chi connectivity index (χ4v) is 1.71. The Bertz CT molecular complexity index is 222. The average Bonchev–Trinajstić information content (AvgIpc) is 1.95. The first-order chi connectivity index (χ1) is 5.06. The summed E-state index contributed by atoms with van der Waals surface area (Å²) in [5, 5.41) is -0.537. The van der Waals surface area contributed by atoms with E-state index in [0.717, 1.165) is 0 Å². The van der Waals surface area contributed by atoms with Crippen LogP contribution in [0.4, 0.5) is 0 Å². The van der Waals surface area contributed by atoms with Crippen molar-refractivity contribution in [2.24, 2.45) is 0 Å². The number of ether oxygens (including phenoxy) is 1. The normalized spacial score (nSPS) is 33.8. The summed E-state index contributed by atoms with van der Waals surface area (Å²) < 4.78 is 31.9. The molecule has 0 N–H and O–H groups in total. The van der Waals surface area contributed by atoms with Crippen LogP contribution in [0.2, 0.25) is 0 Å². The molecule has 2 unspecified atom stereocenters. The van der Waals surface area contributed by atoms with Gasteiger partial charge in [0.1, 0.15) is 5.25 Å². The Balaban J connectivity index is 0.00000121. The highest BCUT2D eigenvalue weighted by Crippen LogP contribution is 2.17. The maximum absolute atomic E-state index is 11.0. The van der Waals surface area contributed by atoms with Crippen LogP contribution in [0.3, 0.4) is 0 Å².